The van der Waals surface area contributed by atoms with Crippen molar-refractivity contribution in [3.05, 3.63) is 46.1 Å². The van der Waals surface area contributed by atoms with E-state index in [1.54, 1.807) is 18.3 Å². The number of rotatable bonds is 4. The molecular formula is C13H9Cl2NO3. The van der Waals surface area contributed by atoms with Gasteiger partial charge in [-0.3, -0.25) is 4.79 Å². The summed E-state index contributed by atoms with van der Waals surface area (Å²) in [6.45, 7) is 0. The molecule has 1 aromatic heterocycles. The average Bonchev–Trinajstić information content (AvgIpc) is 2.43. The largest absolute Gasteiger partial charge is 0.478 e. The van der Waals surface area contributed by atoms with Gasteiger partial charge in [-0.15, -0.1) is 0 Å². The number of halogens is 2. The van der Waals surface area contributed by atoms with E-state index < -0.39 is 0 Å². The third-order valence-corrected chi connectivity index (χ3v) is 3.05. The Bertz CT molecular complexity index is 617. The molecule has 0 bridgehead atoms. The number of aromatic nitrogens is 1. The zero-order valence-corrected chi connectivity index (χ0v) is 11.4. The van der Waals surface area contributed by atoms with Gasteiger partial charge in [-0.1, -0.05) is 23.2 Å². The molecule has 0 saturated heterocycles. The van der Waals surface area contributed by atoms with Crippen LogP contribution in [0.1, 0.15) is 10.4 Å². The molecule has 4 nitrogen and oxygen atoms in total. The minimum atomic E-state index is 0.286. The van der Waals surface area contributed by atoms with Crippen molar-refractivity contribution in [3.63, 3.8) is 0 Å². The Kier molecular flexibility index (Phi) is 4.24. The lowest BCUT2D eigenvalue weighted by atomic mass is 10.2. The van der Waals surface area contributed by atoms with Crippen LogP contribution in [0.3, 0.4) is 0 Å². The number of nitrogens with zero attached hydrogens (tertiary/aromatic N) is 1. The van der Waals surface area contributed by atoms with Crippen molar-refractivity contribution >= 4 is 29.5 Å². The molecule has 0 aliphatic rings. The Hall–Kier alpha value is -1.78. The van der Waals surface area contributed by atoms with E-state index in [2.05, 4.69) is 4.98 Å². The van der Waals surface area contributed by atoms with Crippen molar-refractivity contribution in [1.29, 1.82) is 0 Å². The lowest BCUT2D eigenvalue weighted by Gasteiger charge is -2.11. The SMILES string of the molecule is COc1ncccc1Oc1cc(Cl)c(Cl)cc1C=O. The number of methoxy groups -OCH3 is 1. The van der Waals surface area contributed by atoms with Crippen LogP contribution in [0.4, 0.5) is 0 Å². The molecule has 1 heterocycles. The highest BCUT2D eigenvalue weighted by Crippen LogP contribution is 2.35. The summed E-state index contributed by atoms with van der Waals surface area (Å²) in [4.78, 5) is 15.0. The van der Waals surface area contributed by atoms with Gasteiger partial charge in [-0.25, -0.2) is 4.98 Å². The van der Waals surface area contributed by atoms with Gasteiger partial charge < -0.3 is 9.47 Å². The first-order valence-corrected chi connectivity index (χ1v) is 6.02. The van der Waals surface area contributed by atoms with Crippen molar-refractivity contribution in [2.24, 2.45) is 0 Å². The zero-order valence-electron chi connectivity index (χ0n) is 9.89. The van der Waals surface area contributed by atoms with E-state index in [4.69, 9.17) is 32.7 Å². The van der Waals surface area contributed by atoms with Gasteiger partial charge in [0.05, 0.1) is 22.7 Å². The second-order valence-electron chi connectivity index (χ2n) is 3.53. The standard InChI is InChI=1S/C13H9Cl2NO3/c1-18-13-11(3-2-4-16-13)19-12-6-10(15)9(14)5-8(12)7-17/h2-7H,1H3. The molecule has 2 aromatic rings. The number of hydrogen-bond acceptors (Lipinski definition) is 4. The number of benzene rings is 1. The summed E-state index contributed by atoms with van der Waals surface area (Å²) in [6.07, 6.45) is 2.21. The fourth-order valence-corrected chi connectivity index (χ4v) is 1.78. The summed E-state index contributed by atoms with van der Waals surface area (Å²) in [5, 5.41) is 0.583. The van der Waals surface area contributed by atoms with E-state index in [9.17, 15) is 4.79 Å². The van der Waals surface area contributed by atoms with Gasteiger partial charge in [-0.05, 0) is 18.2 Å². The summed E-state index contributed by atoms with van der Waals surface area (Å²) >= 11 is 11.8. The molecule has 0 N–H and O–H groups in total. The van der Waals surface area contributed by atoms with Crippen molar-refractivity contribution < 1.29 is 14.3 Å². The second-order valence-corrected chi connectivity index (χ2v) is 4.35. The van der Waals surface area contributed by atoms with Crippen LogP contribution in [-0.4, -0.2) is 18.4 Å². The fourth-order valence-electron chi connectivity index (χ4n) is 1.45. The molecule has 98 valence electrons. The van der Waals surface area contributed by atoms with Gasteiger partial charge in [0.1, 0.15) is 5.75 Å². The first-order valence-electron chi connectivity index (χ1n) is 5.26. The molecule has 0 aliphatic heterocycles. The van der Waals surface area contributed by atoms with E-state index >= 15 is 0 Å². The molecule has 0 amide bonds. The first kappa shape index (κ1) is 13.6. The van der Waals surface area contributed by atoms with E-state index in [0.717, 1.165) is 0 Å². The van der Waals surface area contributed by atoms with Crippen molar-refractivity contribution in [3.8, 4) is 17.4 Å². The number of aldehydes is 1. The van der Waals surface area contributed by atoms with Crippen LogP contribution in [0.25, 0.3) is 0 Å². The maximum absolute atomic E-state index is 11.0. The number of carbonyl (C=O) groups excluding carboxylic acids is 1. The van der Waals surface area contributed by atoms with E-state index in [1.165, 1.54) is 19.2 Å². The van der Waals surface area contributed by atoms with Gasteiger partial charge in [-0.2, -0.15) is 0 Å². The van der Waals surface area contributed by atoms with Crippen LogP contribution in [-0.2, 0) is 0 Å². The Morgan fingerprint density at radius 3 is 2.63 bits per heavy atom. The Labute approximate surface area is 119 Å². The lowest BCUT2D eigenvalue weighted by molar-refractivity contribution is 0.112. The molecule has 0 spiro atoms. The Morgan fingerprint density at radius 2 is 1.95 bits per heavy atom. The highest BCUT2D eigenvalue weighted by atomic mass is 35.5. The van der Waals surface area contributed by atoms with Crippen molar-refractivity contribution in [1.82, 2.24) is 4.98 Å². The maximum Gasteiger partial charge on any atom is 0.257 e. The van der Waals surface area contributed by atoms with E-state index in [1.807, 2.05) is 0 Å². The zero-order chi connectivity index (χ0) is 13.8. The van der Waals surface area contributed by atoms with Gasteiger partial charge in [0, 0.05) is 12.3 Å². The fraction of sp³-hybridized carbons (Fsp3) is 0.0769. The predicted molar refractivity (Wildman–Crippen MR) is 72.7 cm³/mol. The third-order valence-electron chi connectivity index (χ3n) is 2.33. The van der Waals surface area contributed by atoms with Gasteiger partial charge in [0.2, 0.25) is 0 Å². The topological polar surface area (TPSA) is 48.4 Å². The first-order chi connectivity index (χ1) is 9.15. The lowest BCUT2D eigenvalue weighted by Crippen LogP contribution is -1.95. The van der Waals surface area contributed by atoms with Crippen LogP contribution in [0, 0.1) is 0 Å². The Morgan fingerprint density at radius 1 is 1.21 bits per heavy atom. The molecule has 0 saturated carbocycles. The second kappa shape index (κ2) is 5.91. The molecule has 0 unspecified atom stereocenters. The minimum absolute atomic E-state index is 0.286. The molecule has 0 radical (unpaired) electrons. The molecule has 6 heteroatoms. The monoisotopic (exact) mass is 297 g/mol. The number of pyridine rings is 1. The van der Waals surface area contributed by atoms with Gasteiger partial charge in [0.15, 0.2) is 12.0 Å². The van der Waals surface area contributed by atoms with Crippen molar-refractivity contribution in [2.45, 2.75) is 0 Å². The van der Waals surface area contributed by atoms with Crippen molar-refractivity contribution in [2.75, 3.05) is 7.11 Å². The highest BCUT2D eigenvalue weighted by Gasteiger charge is 2.12. The molecule has 0 fully saturated rings. The molecule has 19 heavy (non-hydrogen) atoms. The predicted octanol–water partition coefficient (Wildman–Crippen LogP) is 4.00. The van der Waals surface area contributed by atoms with Gasteiger partial charge in [0.25, 0.3) is 5.88 Å². The molecule has 2 rings (SSSR count). The molecular weight excluding hydrogens is 289 g/mol. The van der Waals surface area contributed by atoms with Crippen LogP contribution >= 0.6 is 23.2 Å². The number of carbonyl (C=O) groups is 1. The minimum Gasteiger partial charge on any atom is -0.478 e. The summed E-state index contributed by atoms with van der Waals surface area (Å²) in [6, 6.07) is 6.27. The van der Waals surface area contributed by atoms with Gasteiger partial charge >= 0.3 is 0 Å². The van der Waals surface area contributed by atoms with Crippen LogP contribution < -0.4 is 9.47 Å². The average molecular weight is 298 g/mol. The van der Waals surface area contributed by atoms with E-state index in [0.29, 0.717) is 28.5 Å². The van der Waals surface area contributed by atoms with Crippen LogP contribution in [0.5, 0.6) is 17.4 Å². The molecule has 1 aromatic carbocycles. The molecule has 0 atom stereocenters. The number of ether oxygens (including phenoxy) is 2. The highest BCUT2D eigenvalue weighted by molar-refractivity contribution is 6.42. The quantitative estimate of drug-likeness (QED) is 0.800. The van der Waals surface area contributed by atoms with E-state index in [-0.39, 0.29) is 10.8 Å². The van der Waals surface area contributed by atoms with Crippen LogP contribution in [0.2, 0.25) is 10.0 Å². The van der Waals surface area contributed by atoms with Crippen LogP contribution in [0.15, 0.2) is 30.5 Å². The third kappa shape index (κ3) is 2.97. The Balaban J connectivity index is 2.43. The number of hydrogen-bond donors (Lipinski definition) is 0. The smallest absolute Gasteiger partial charge is 0.257 e. The normalized spacial score (nSPS) is 10.1. The maximum atomic E-state index is 11.0. The summed E-state index contributed by atoms with van der Waals surface area (Å²) < 4.78 is 10.7. The summed E-state index contributed by atoms with van der Waals surface area (Å²) in [7, 11) is 1.48. The molecule has 0 aliphatic carbocycles. The summed E-state index contributed by atoms with van der Waals surface area (Å²) in [5.74, 6) is 0.979. The summed E-state index contributed by atoms with van der Waals surface area (Å²) in [5.41, 5.74) is 0.292.